The minimum Gasteiger partial charge on any atom is -0.469 e. The largest absolute Gasteiger partial charge is 0.469 e. The van der Waals surface area contributed by atoms with Crippen molar-refractivity contribution >= 4 is 0 Å². The fourth-order valence-corrected chi connectivity index (χ4v) is 2.36. The fraction of sp³-hybridized carbons (Fsp3) is 0.375. The molecule has 1 aromatic carbocycles. The molecule has 1 unspecified atom stereocenters. The molecule has 1 N–H and O–H groups in total. The van der Waals surface area contributed by atoms with Gasteiger partial charge in [-0.15, -0.1) is 0 Å². The number of rotatable bonds is 6. The van der Waals surface area contributed by atoms with Gasteiger partial charge in [-0.1, -0.05) is 38.1 Å². The lowest BCUT2D eigenvalue weighted by Crippen LogP contribution is -2.23. The number of nitrogens with one attached hydrogen (secondary N) is 1. The summed E-state index contributed by atoms with van der Waals surface area (Å²) in [5, 5.41) is 3.55. The van der Waals surface area contributed by atoms with Crippen LogP contribution in [0.2, 0.25) is 0 Å². The second-order valence-electron chi connectivity index (χ2n) is 4.45. The Morgan fingerprint density at radius 3 is 2.61 bits per heavy atom. The van der Waals surface area contributed by atoms with Crippen LogP contribution in [0.5, 0.6) is 0 Å². The van der Waals surface area contributed by atoms with Crippen molar-refractivity contribution in [2.45, 2.75) is 32.7 Å². The van der Waals surface area contributed by atoms with Gasteiger partial charge in [0.15, 0.2) is 0 Å². The molecule has 1 atom stereocenters. The van der Waals surface area contributed by atoms with Gasteiger partial charge in [0, 0.05) is 12.5 Å². The van der Waals surface area contributed by atoms with E-state index in [-0.39, 0.29) is 0 Å². The van der Waals surface area contributed by atoms with Gasteiger partial charge in [-0.3, -0.25) is 0 Å². The van der Waals surface area contributed by atoms with Gasteiger partial charge in [0.2, 0.25) is 0 Å². The Balaban J connectivity index is 2.23. The predicted octanol–water partition coefficient (Wildman–Crippen LogP) is 3.74. The highest BCUT2D eigenvalue weighted by atomic mass is 16.3. The Morgan fingerprint density at radius 1 is 1.11 bits per heavy atom. The lowest BCUT2D eigenvalue weighted by atomic mass is 9.95. The lowest BCUT2D eigenvalue weighted by molar-refractivity contribution is 0.453. The third-order valence-electron chi connectivity index (χ3n) is 3.25. The van der Waals surface area contributed by atoms with Gasteiger partial charge in [-0.25, -0.2) is 0 Å². The molecule has 0 saturated heterocycles. The van der Waals surface area contributed by atoms with Gasteiger partial charge >= 0.3 is 0 Å². The average Bonchev–Trinajstić information content (AvgIpc) is 2.91. The van der Waals surface area contributed by atoms with E-state index < -0.39 is 0 Å². The van der Waals surface area contributed by atoms with Gasteiger partial charge in [0.05, 0.1) is 6.26 Å². The maximum Gasteiger partial charge on any atom is 0.105 e. The summed E-state index contributed by atoms with van der Waals surface area (Å²) in [6, 6.07) is 13.0. The third kappa shape index (κ3) is 3.02. The van der Waals surface area contributed by atoms with Crippen molar-refractivity contribution in [2.24, 2.45) is 0 Å². The standard InChI is InChI=1S/C16H21NO/c1-3-13-8-5-6-10-15(13)16(17-4-2)12-14-9-7-11-18-14/h5-11,16-17H,3-4,12H2,1-2H3. The van der Waals surface area contributed by atoms with E-state index in [2.05, 4.69) is 43.4 Å². The molecule has 18 heavy (non-hydrogen) atoms. The molecule has 1 heterocycles. The summed E-state index contributed by atoms with van der Waals surface area (Å²) in [7, 11) is 0. The Bertz CT molecular complexity index is 462. The molecule has 1 aromatic heterocycles. The molecule has 0 aliphatic rings. The van der Waals surface area contributed by atoms with E-state index in [1.807, 2.05) is 12.1 Å². The lowest BCUT2D eigenvalue weighted by Gasteiger charge is -2.20. The number of likely N-dealkylation sites (N-methyl/N-ethyl adjacent to an activating group) is 1. The first-order chi connectivity index (χ1) is 8.85. The van der Waals surface area contributed by atoms with Gasteiger partial charge in [0.1, 0.15) is 5.76 Å². The maximum atomic E-state index is 5.47. The zero-order valence-corrected chi connectivity index (χ0v) is 11.1. The van der Waals surface area contributed by atoms with Crippen LogP contribution in [0.15, 0.2) is 47.1 Å². The summed E-state index contributed by atoms with van der Waals surface area (Å²) < 4.78 is 5.47. The topological polar surface area (TPSA) is 25.2 Å². The fourth-order valence-electron chi connectivity index (χ4n) is 2.36. The van der Waals surface area contributed by atoms with Crippen LogP contribution in [0.1, 0.15) is 36.8 Å². The van der Waals surface area contributed by atoms with E-state index in [0.717, 1.165) is 25.1 Å². The molecule has 0 amide bonds. The highest BCUT2D eigenvalue weighted by Crippen LogP contribution is 2.22. The second-order valence-corrected chi connectivity index (χ2v) is 4.45. The smallest absolute Gasteiger partial charge is 0.105 e. The minimum absolute atomic E-state index is 0.331. The minimum atomic E-state index is 0.331. The van der Waals surface area contributed by atoms with Crippen molar-refractivity contribution in [3.63, 3.8) is 0 Å². The Hall–Kier alpha value is -1.54. The molecule has 96 valence electrons. The van der Waals surface area contributed by atoms with E-state index >= 15 is 0 Å². The molecule has 0 radical (unpaired) electrons. The highest BCUT2D eigenvalue weighted by Gasteiger charge is 2.15. The average molecular weight is 243 g/mol. The van der Waals surface area contributed by atoms with E-state index in [1.54, 1.807) is 6.26 Å². The number of furan rings is 1. The van der Waals surface area contributed by atoms with Crippen LogP contribution in [-0.2, 0) is 12.8 Å². The molecule has 0 aliphatic carbocycles. The number of hydrogen-bond donors (Lipinski definition) is 1. The molecule has 0 bridgehead atoms. The molecule has 2 aromatic rings. The molecule has 0 spiro atoms. The number of aryl methyl sites for hydroxylation is 1. The third-order valence-corrected chi connectivity index (χ3v) is 3.25. The van der Waals surface area contributed by atoms with Crippen molar-refractivity contribution in [1.82, 2.24) is 5.32 Å². The van der Waals surface area contributed by atoms with Gasteiger partial charge in [-0.2, -0.15) is 0 Å². The molecular formula is C16H21NO. The number of hydrogen-bond acceptors (Lipinski definition) is 2. The van der Waals surface area contributed by atoms with Gasteiger partial charge < -0.3 is 9.73 Å². The quantitative estimate of drug-likeness (QED) is 0.836. The Labute approximate surface area is 109 Å². The summed E-state index contributed by atoms with van der Waals surface area (Å²) in [6.07, 6.45) is 3.71. The number of benzene rings is 1. The van der Waals surface area contributed by atoms with E-state index in [4.69, 9.17) is 4.42 Å². The predicted molar refractivity (Wildman–Crippen MR) is 74.6 cm³/mol. The van der Waals surface area contributed by atoms with Crippen molar-refractivity contribution in [3.8, 4) is 0 Å². The maximum absolute atomic E-state index is 5.47. The molecule has 2 heteroatoms. The summed E-state index contributed by atoms with van der Waals surface area (Å²) in [4.78, 5) is 0. The van der Waals surface area contributed by atoms with E-state index in [1.165, 1.54) is 11.1 Å². The highest BCUT2D eigenvalue weighted by molar-refractivity contribution is 5.31. The normalized spacial score (nSPS) is 12.6. The first-order valence-electron chi connectivity index (χ1n) is 6.68. The molecule has 0 aliphatic heterocycles. The first kappa shape index (κ1) is 12.9. The summed E-state index contributed by atoms with van der Waals surface area (Å²) in [6.45, 7) is 5.31. The van der Waals surface area contributed by atoms with E-state index in [9.17, 15) is 0 Å². The molecule has 0 saturated carbocycles. The van der Waals surface area contributed by atoms with Gasteiger partial charge in [0.25, 0.3) is 0 Å². The summed E-state index contributed by atoms with van der Waals surface area (Å²) in [5.74, 6) is 1.03. The summed E-state index contributed by atoms with van der Waals surface area (Å²) >= 11 is 0. The SMILES string of the molecule is CCNC(Cc1ccco1)c1ccccc1CC. The van der Waals surface area contributed by atoms with Crippen LogP contribution in [0, 0.1) is 0 Å². The van der Waals surface area contributed by atoms with Crippen molar-refractivity contribution in [3.05, 3.63) is 59.5 Å². The zero-order chi connectivity index (χ0) is 12.8. The van der Waals surface area contributed by atoms with Crippen LogP contribution in [-0.4, -0.2) is 6.54 Å². The van der Waals surface area contributed by atoms with Gasteiger partial charge in [-0.05, 0) is 36.2 Å². The zero-order valence-electron chi connectivity index (χ0n) is 11.1. The van der Waals surface area contributed by atoms with Crippen LogP contribution >= 0.6 is 0 Å². The van der Waals surface area contributed by atoms with Crippen LogP contribution < -0.4 is 5.32 Å². The molecule has 2 nitrogen and oxygen atoms in total. The first-order valence-corrected chi connectivity index (χ1v) is 6.68. The van der Waals surface area contributed by atoms with Crippen molar-refractivity contribution in [1.29, 1.82) is 0 Å². The molecular weight excluding hydrogens is 222 g/mol. The molecule has 2 rings (SSSR count). The second kappa shape index (κ2) is 6.41. The van der Waals surface area contributed by atoms with Crippen molar-refractivity contribution in [2.75, 3.05) is 6.54 Å². The molecule has 0 fully saturated rings. The van der Waals surface area contributed by atoms with E-state index in [0.29, 0.717) is 6.04 Å². The monoisotopic (exact) mass is 243 g/mol. The van der Waals surface area contributed by atoms with Crippen LogP contribution in [0.4, 0.5) is 0 Å². The Morgan fingerprint density at radius 2 is 1.94 bits per heavy atom. The van der Waals surface area contributed by atoms with Crippen LogP contribution in [0.25, 0.3) is 0 Å². The summed E-state index contributed by atoms with van der Waals surface area (Å²) in [5.41, 5.74) is 2.80. The van der Waals surface area contributed by atoms with Crippen LogP contribution in [0.3, 0.4) is 0 Å². The Kier molecular flexibility index (Phi) is 4.59. The van der Waals surface area contributed by atoms with Crippen molar-refractivity contribution < 1.29 is 4.42 Å².